The second kappa shape index (κ2) is 5.54. The van der Waals surface area contributed by atoms with Gasteiger partial charge in [-0.1, -0.05) is 0 Å². The molecule has 0 aromatic carbocycles. The number of hydrogen-bond acceptors (Lipinski definition) is 6. The number of ether oxygens (including phenoxy) is 1. The quantitative estimate of drug-likeness (QED) is 0.910. The van der Waals surface area contributed by atoms with E-state index in [0.29, 0.717) is 17.9 Å². The lowest BCUT2D eigenvalue weighted by atomic mass is 9.93. The minimum absolute atomic E-state index is 0.334. The first kappa shape index (κ1) is 13.6. The lowest BCUT2D eigenvalue weighted by molar-refractivity contribution is 0.0622. The molecule has 20 heavy (non-hydrogen) atoms. The average Bonchev–Trinajstić information content (AvgIpc) is 2.80. The van der Waals surface area contributed by atoms with Gasteiger partial charge in [0.15, 0.2) is 0 Å². The van der Waals surface area contributed by atoms with E-state index in [-0.39, 0.29) is 0 Å². The molecule has 0 aliphatic carbocycles. The van der Waals surface area contributed by atoms with Crippen molar-refractivity contribution in [3.63, 3.8) is 0 Å². The van der Waals surface area contributed by atoms with Gasteiger partial charge < -0.3 is 15.8 Å². The van der Waals surface area contributed by atoms with E-state index in [1.165, 1.54) is 4.88 Å². The van der Waals surface area contributed by atoms with E-state index in [1.807, 2.05) is 0 Å². The number of anilines is 2. The van der Waals surface area contributed by atoms with E-state index in [1.54, 1.807) is 11.3 Å². The third-order valence-corrected chi connectivity index (χ3v) is 4.82. The van der Waals surface area contributed by atoms with Gasteiger partial charge in [0, 0.05) is 24.1 Å². The molecule has 0 spiro atoms. The van der Waals surface area contributed by atoms with Crippen molar-refractivity contribution in [1.29, 1.82) is 0 Å². The van der Waals surface area contributed by atoms with Gasteiger partial charge >= 0.3 is 0 Å². The van der Waals surface area contributed by atoms with Crippen LogP contribution >= 0.6 is 11.3 Å². The largest absolute Gasteiger partial charge is 0.381 e. The number of thiophene rings is 1. The molecule has 2 aromatic rings. The summed E-state index contributed by atoms with van der Waals surface area (Å²) in [5.41, 5.74) is 5.81. The molecule has 0 amide bonds. The first-order valence-electron chi connectivity index (χ1n) is 7.01. The van der Waals surface area contributed by atoms with E-state index in [0.717, 1.165) is 42.1 Å². The molecule has 3 N–H and O–H groups in total. The van der Waals surface area contributed by atoms with E-state index in [9.17, 15) is 0 Å². The fourth-order valence-corrected chi connectivity index (χ4v) is 3.60. The summed E-state index contributed by atoms with van der Waals surface area (Å²) in [4.78, 5) is 10.9. The maximum atomic E-state index is 5.81. The SMILES string of the molecule is Cc1cc2c(NC(C)C3CCOCC3)nc(N)nc2s1. The van der Waals surface area contributed by atoms with Gasteiger partial charge in [0.1, 0.15) is 10.6 Å². The number of hydrogen-bond donors (Lipinski definition) is 2. The van der Waals surface area contributed by atoms with Gasteiger partial charge in [-0.05, 0) is 38.7 Å². The number of aromatic nitrogens is 2. The van der Waals surface area contributed by atoms with E-state index in [4.69, 9.17) is 10.5 Å². The van der Waals surface area contributed by atoms with Gasteiger partial charge in [0.2, 0.25) is 5.95 Å². The van der Waals surface area contributed by atoms with Crippen LogP contribution in [0, 0.1) is 12.8 Å². The van der Waals surface area contributed by atoms with Crippen molar-refractivity contribution in [2.24, 2.45) is 5.92 Å². The average molecular weight is 292 g/mol. The summed E-state index contributed by atoms with van der Waals surface area (Å²) in [7, 11) is 0. The highest BCUT2D eigenvalue weighted by Gasteiger charge is 2.21. The van der Waals surface area contributed by atoms with Gasteiger partial charge in [0.25, 0.3) is 0 Å². The minimum Gasteiger partial charge on any atom is -0.381 e. The van der Waals surface area contributed by atoms with Crippen molar-refractivity contribution >= 4 is 33.3 Å². The van der Waals surface area contributed by atoms with Crippen LogP contribution in [-0.4, -0.2) is 29.2 Å². The number of nitrogens with zero attached hydrogens (tertiary/aromatic N) is 2. The van der Waals surface area contributed by atoms with E-state index in [2.05, 4.69) is 35.2 Å². The number of fused-ring (bicyclic) bond motifs is 1. The molecule has 3 rings (SSSR count). The van der Waals surface area contributed by atoms with Gasteiger partial charge in [-0.3, -0.25) is 0 Å². The lowest BCUT2D eigenvalue weighted by Gasteiger charge is -2.28. The summed E-state index contributed by atoms with van der Waals surface area (Å²) in [5, 5.41) is 4.60. The van der Waals surface area contributed by atoms with Gasteiger partial charge in [0.05, 0.1) is 5.39 Å². The molecule has 0 radical (unpaired) electrons. The topological polar surface area (TPSA) is 73.1 Å². The Morgan fingerprint density at radius 3 is 2.90 bits per heavy atom. The van der Waals surface area contributed by atoms with Crippen LogP contribution in [0.2, 0.25) is 0 Å². The lowest BCUT2D eigenvalue weighted by Crippen LogP contribution is -2.31. The molecular formula is C14H20N4OS. The van der Waals surface area contributed by atoms with Crippen LogP contribution in [0.15, 0.2) is 6.07 Å². The van der Waals surface area contributed by atoms with Crippen molar-refractivity contribution in [1.82, 2.24) is 9.97 Å². The first-order chi connectivity index (χ1) is 9.63. The Hall–Kier alpha value is -1.40. The monoisotopic (exact) mass is 292 g/mol. The van der Waals surface area contributed by atoms with Gasteiger partial charge in [-0.2, -0.15) is 4.98 Å². The van der Waals surface area contributed by atoms with Crippen LogP contribution in [0.5, 0.6) is 0 Å². The van der Waals surface area contributed by atoms with Crippen LogP contribution in [0.25, 0.3) is 10.2 Å². The predicted molar refractivity (Wildman–Crippen MR) is 83.2 cm³/mol. The summed E-state index contributed by atoms with van der Waals surface area (Å²) in [6.45, 7) is 6.00. The summed E-state index contributed by atoms with van der Waals surface area (Å²) in [6, 6.07) is 2.48. The molecule has 1 aliphatic heterocycles. The zero-order valence-corrected chi connectivity index (χ0v) is 12.7. The van der Waals surface area contributed by atoms with Crippen LogP contribution < -0.4 is 11.1 Å². The maximum absolute atomic E-state index is 5.81. The molecular weight excluding hydrogens is 272 g/mol. The third-order valence-electron chi connectivity index (χ3n) is 3.87. The van der Waals surface area contributed by atoms with E-state index < -0.39 is 0 Å². The van der Waals surface area contributed by atoms with Crippen LogP contribution in [0.3, 0.4) is 0 Å². The normalized spacial score (nSPS) is 18.3. The van der Waals surface area contributed by atoms with Gasteiger partial charge in [-0.15, -0.1) is 11.3 Å². The zero-order valence-electron chi connectivity index (χ0n) is 11.8. The van der Waals surface area contributed by atoms with Crippen molar-refractivity contribution in [2.45, 2.75) is 32.7 Å². The summed E-state index contributed by atoms with van der Waals surface area (Å²) < 4.78 is 5.42. The molecule has 5 nitrogen and oxygen atoms in total. The number of nitrogens with two attached hydrogens (primary N) is 1. The summed E-state index contributed by atoms with van der Waals surface area (Å²) in [6.07, 6.45) is 2.20. The highest BCUT2D eigenvalue weighted by molar-refractivity contribution is 7.18. The fourth-order valence-electron chi connectivity index (χ4n) is 2.72. The molecule has 3 heterocycles. The van der Waals surface area contributed by atoms with Crippen molar-refractivity contribution < 1.29 is 4.74 Å². The fraction of sp³-hybridized carbons (Fsp3) is 0.571. The molecule has 2 aromatic heterocycles. The van der Waals surface area contributed by atoms with E-state index >= 15 is 0 Å². The summed E-state index contributed by atoms with van der Waals surface area (Å²) in [5.74, 6) is 1.81. The Balaban J connectivity index is 1.85. The molecule has 0 bridgehead atoms. The highest BCUT2D eigenvalue weighted by Crippen LogP contribution is 2.30. The second-order valence-corrected chi connectivity index (χ2v) is 6.62. The minimum atomic E-state index is 0.334. The molecule has 0 saturated carbocycles. The van der Waals surface area contributed by atoms with Crippen LogP contribution in [0.4, 0.5) is 11.8 Å². The number of nitrogen functional groups attached to an aromatic ring is 1. The molecule has 1 saturated heterocycles. The van der Waals surface area contributed by atoms with Crippen LogP contribution in [0.1, 0.15) is 24.6 Å². The molecule has 6 heteroatoms. The van der Waals surface area contributed by atoms with Crippen LogP contribution in [-0.2, 0) is 4.74 Å². The Morgan fingerprint density at radius 1 is 1.40 bits per heavy atom. The number of nitrogens with one attached hydrogen (secondary N) is 1. The highest BCUT2D eigenvalue weighted by atomic mass is 32.1. The number of rotatable bonds is 3. The Bertz CT molecular complexity index is 606. The molecule has 1 unspecified atom stereocenters. The molecule has 1 atom stereocenters. The maximum Gasteiger partial charge on any atom is 0.223 e. The van der Waals surface area contributed by atoms with Crippen molar-refractivity contribution in [3.05, 3.63) is 10.9 Å². The summed E-state index contributed by atoms with van der Waals surface area (Å²) >= 11 is 1.65. The van der Waals surface area contributed by atoms with Crippen molar-refractivity contribution in [3.8, 4) is 0 Å². The van der Waals surface area contributed by atoms with Crippen molar-refractivity contribution in [2.75, 3.05) is 24.3 Å². The molecule has 1 fully saturated rings. The molecule has 1 aliphatic rings. The Labute approximate surface area is 122 Å². The second-order valence-electron chi connectivity index (χ2n) is 5.39. The molecule has 108 valence electrons. The number of aryl methyl sites for hydroxylation is 1. The smallest absolute Gasteiger partial charge is 0.223 e. The zero-order chi connectivity index (χ0) is 14.1. The first-order valence-corrected chi connectivity index (χ1v) is 7.83. The standard InChI is InChI=1S/C14H20N4OS/c1-8-7-11-12(17-14(15)18-13(11)20-8)16-9(2)10-3-5-19-6-4-10/h7,9-10H,3-6H2,1-2H3,(H3,15,16,17,18). The Morgan fingerprint density at radius 2 is 2.15 bits per heavy atom. The third kappa shape index (κ3) is 2.71. The van der Waals surface area contributed by atoms with Gasteiger partial charge in [-0.25, -0.2) is 4.98 Å². The Kier molecular flexibility index (Phi) is 3.76. The predicted octanol–water partition coefficient (Wildman–Crippen LogP) is 2.81.